The lowest BCUT2D eigenvalue weighted by Crippen LogP contribution is -2.11. The Morgan fingerprint density at radius 2 is 1.86 bits per heavy atom. The molecule has 1 amide bonds. The summed E-state index contributed by atoms with van der Waals surface area (Å²) in [6, 6.07) is 18.6. The predicted molar refractivity (Wildman–Crippen MR) is 112 cm³/mol. The minimum absolute atomic E-state index is 0.0226. The quantitative estimate of drug-likeness (QED) is 0.540. The van der Waals surface area contributed by atoms with Gasteiger partial charge in [-0.2, -0.15) is 5.10 Å². The van der Waals surface area contributed by atoms with Crippen LogP contribution in [-0.4, -0.2) is 20.7 Å². The SMILES string of the molecule is Cn1ncc2cc(-c3ccc(CCCC(=O)Nc4cccnc4)cc3)ccc21. The maximum absolute atomic E-state index is 12.0. The Kier molecular flexibility index (Phi) is 5.15. The topological polar surface area (TPSA) is 59.8 Å². The Morgan fingerprint density at radius 3 is 2.64 bits per heavy atom. The maximum atomic E-state index is 12.0. The van der Waals surface area contributed by atoms with Crippen LogP contribution in [0.1, 0.15) is 18.4 Å². The Balaban J connectivity index is 1.33. The fourth-order valence-corrected chi connectivity index (χ4v) is 3.32. The number of nitrogens with zero attached hydrogens (tertiary/aromatic N) is 3. The average Bonchev–Trinajstić information content (AvgIpc) is 3.09. The third-order valence-corrected chi connectivity index (χ3v) is 4.85. The highest BCUT2D eigenvalue weighted by atomic mass is 16.1. The Bertz CT molecular complexity index is 1080. The van der Waals surface area contributed by atoms with Crippen molar-refractivity contribution in [3.8, 4) is 11.1 Å². The lowest BCUT2D eigenvalue weighted by atomic mass is 10.0. The van der Waals surface area contributed by atoms with E-state index in [1.54, 1.807) is 12.4 Å². The number of carbonyl (C=O) groups excluding carboxylic acids is 1. The molecule has 0 aliphatic heterocycles. The number of rotatable bonds is 6. The Hall–Kier alpha value is -3.47. The normalized spacial score (nSPS) is 10.9. The molecular weight excluding hydrogens is 348 g/mol. The predicted octanol–water partition coefficient (Wildman–Crippen LogP) is 4.60. The van der Waals surface area contributed by atoms with Crippen LogP contribution in [0.4, 0.5) is 5.69 Å². The third kappa shape index (κ3) is 4.09. The molecule has 140 valence electrons. The molecule has 0 saturated carbocycles. The number of aryl methyl sites for hydroxylation is 2. The third-order valence-electron chi connectivity index (χ3n) is 4.85. The van der Waals surface area contributed by atoms with Gasteiger partial charge in [0.15, 0.2) is 0 Å². The molecule has 0 radical (unpaired) electrons. The Morgan fingerprint density at radius 1 is 1.04 bits per heavy atom. The molecule has 0 aliphatic rings. The van der Waals surface area contributed by atoms with Crippen molar-refractivity contribution in [2.75, 3.05) is 5.32 Å². The van der Waals surface area contributed by atoms with E-state index >= 15 is 0 Å². The van der Waals surface area contributed by atoms with E-state index < -0.39 is 0 Å². The van der Waals surface area contributed by atoms with E-state index in [2.05, 4.69) is 57.9 Å². The van der Waals surface area contributed by atoms with Crippen LogP contribution in [0.15, 0.2) is 73.2 Å². The molecule has 0 bridgehead atoms. The van der Waals surface area contributed by atoms with Gasteiger partial charge >= 0.3 is 0 Å². The first-order chi connectivity index (χ1) is 13.7. The summed E-state index contributed by atoms with van der Waals surface area (Å²) in [7, 11) is 1.95. The van der Waals surface area contributed by atoms with Gasteiger partial charge in [-0.1, -0.05) is 30.3 Å². The highest BCUT2D eigenvalue weighted by molar-refractivity contribution is 5.90. The van der Waals surface area contributed by atoms with Crippen LogP contribution in [-0.2, 0) is 18.3 Å². The zero-order chi connectivity index (χ0) is 19.3. The van der Waals surface area contributed by atoms with Gasteiger partial charge in [0.25, 0.3) is 0 Å². The molecule has 2 aromatic heterocycles. The number of benzene rings is 2. The first-order valence-electron chi connectivity index (χ1n) is 9.40. The van der Waals surface area contributed by atoms with Crippen molar-refractivity contribution in [3.63, 3.8) is 0 Å². The molecule has 0 unspecified atom stereocenters. The summed E-state index contributed by atoms with van der Waals surface area (Å²) in [5, 5.41) is 8.31. The molecule has 0 atom stereocenters. The van der Waals surface area contributed by atoms with Crippen LogP contribution in [0.25, 0.3) is 22.0 Å². The number of pyridine rings is 1. The molecule has 1 N–H and O–H groups in total. The van der Waals surface area contributed by atoms with Gasteiger partial charge in [-0.05, 0) is 53.8 Å². The summed E-state index contributed by atoms with van der Waals surface area (Å²) in [6.45, 7) is 0. The van der Waals surface area contributed by atoms with E-state index in [0.717, 1.165) is 29.4 Å². The van der Waals surface area contributed by atoms with Crippen molar-refractivity contribution in [1.82, 2.24) is 14.8 Å². The van der Waals surface area contributed by atoms with Gasteiger partial charge in [-0.25, -0.2) is 0 Å². The molecule has 0 saturated heterocycles. The van der Waals surface area contributed by atoms with Gasteiger partial charge in [0.1, 0.15) is 0 Å². The fourth-order valence-electron chi connectivity index (χ4n) is 3.32. The number of aromatic nitrogens is 3. The number of amides is 1. The van der Waals surface area contributed by atoms with E-state index in [-0.39, 0.29) is 5.91 Å². The molecular formula is C23H22N4O. The van der Waals surface area contributed by atoms with Crippen molar-refractivity contribution < 1.29 is 4.79 Å². The first-order valence-corrected chi connectivity index (χ1v) is 9.40. The minimum Gasteiger partial charge on any atom is -0.325 e. The second-order valence-electron chi connectivity index (χ2n) is 6.88. The van der Waals surface area contributed by atoms with Crippen LogP contribution in [0.2, 0.25) is 0 Å². The largest absolute Gasteiger partial charge is 0.325 e. The molecule has 2 aromatic carbocycles. The smallest absolute Gasteiger partial charge is 0.224 e. The number of hydrogen-bond acceptors (Lipinski definition) is 3. The molecule has 4 aromatic rings. The second kappa shape index (κ2) is 8.05. The molecule has 4 rings (SSSR count). The lowest BCUT2D eigenvalue weighted by molar-refractivity contribution is -0.116. The summed E-state index contributed by atoms with van der Waals surface area (Å²) in [5.74, 6) is 0.0226. The summed E-state index contributed by atoms with van der Waals surface area (Å²) in [4.78, 5) is 16.0. The molecule has 2 heterocycles. The molecule has 5 heteroatoms. The zero-order valence-corrected chi connectivity index (χ0v) is 15.8. The molecule has 0 aliphatic carbocycles. The standard InChI is InChI=1S/C23H22N4O/c1-27-22-12-11-19(14-20(22)15-25-27)18-9-7-17(8-10-18)4-2-6-23(28)26-21-5-3-13-24-16-21/h3,5,7-16H,2,4,6H2,1H3,(H,26,28). The molecule has 5 nitrogen and oxygen atoms in total. The Labute approximate surface area is 164 Å². The number of fused-ring (bicyclic) bond motifs is 1. The van der Waals surface area contributed by atoms with Gasteiger partial charge in [-0.15, -0.1) is 0 Å². The van der Waals surface area contributed by atoms with E-state index in [4.69, 9.17) is 0 Å². The van der Waals surface area contributed by atoms with Crippen LogP contribution in [0.5, 0.6) is 0 Å². The number of carbonyl (C=O) groups is 1. The van der Waals surface area contributed by atoms with Gasteiger partial charge in [0.05, 0.1) is 23.6 Å². The minimum atomic E-state index is 0.0226. The second-order valence-corrected chi connectivity index (χ2v) is 6.88. The average molecular weight is 370 g/mol. The van der Waals surface area contributed by atoms with Crippen molar-refractivity contribution in [2.45, 2.75) is 19.3 Å². The first kappa shape index (κ1) is 17.9. The summed E-state index contributed by atoms with van der Waals surface area (Å²) < 4.78 is 1.88. The van der Waals surface area contributed by atoms with Crippen molar-refractivity contribution in [2.24, 2.45) is 7.05 Å². The number of hydrogen-bond donors (Lipinski definition) is 1. The van der Waals surface area contributed by atoms with Gasteiger partial charge in [-0.3, -0.25) is 14.5 Å². The number of nitrogens with one attached hydrogen (secondary N) is 1. The summed E-state index contributed by atoms with van der Waals surface area (Å²) in [6.07, 6.45) is 7.42. The van der Waals surface area contributed by atoms with Crippen LogP contribution in [0, 0.1) is 0 Å². The molecule has 0 spiro atoms. The van der Waals surface area contributed by atoms with E-state index in [1.807, 2.05) is 30.1 Å². The number of anilines is 1. The van der Waals surface area contributed by atoms with Gasteiger partial charge < -0.3 is 5.32 Å². The van der Waals surface area contributed by atoms with Crippen molar-refractivity contribution in [1.29, 1.82) is 0 Å². The maximum Gasteiger partial charge on any atom is 0.224 e. The van der Waals surface area contributed by atoms with E-state index in [0.29, 0.717) is 6.42 Å². The van der Waals surface area contributed by atoms with Crippen LogP contribution in [0.3, 0.4) is 0 Å². The van der Waals surface area contributed by atoms with E-state index in [1.165, 1.54) is 16.7 Å². The fraction of sp³-hybridized carbons (Fsp3) is 0.174. The monoisotopic (exact) mass is 370 g/mol. The highest BCUT2D eigenvalue weighted by Crippen LogP contribution is 2.24. The molecule has 0 fully saturated rings. The van der Waals surface area contributed by atoms with E-state index in [9.17, 15) is 4.79 Å². The van der Waals surface area contributed by atoms with Crippen molar-refractivity contribution >= 4 is 22.5 Å². The van der Waals surface area contributed by atoms with Gasteiger partial charge in [0.2, 0.25) is 5.91 Å². The lowest BCUT2D eigenvalue weighted by Gasteiger charge is -2.06. The summed E-state index contributed by atoms with van der Waals surface area (Å²) >= 11 is 0. The van der Waals surface area contributed by atoms with Crippen LogP contribution < -0.4 is 5.32 Å². The molecule has 28 heavy (non-hydrogen) atoms. The van der Waals surface area contributed by atoms with Crippen molar-refractivity contribution in [3.05, 3.63) is 78.8 Å². The van der Waals surface area contributed by atoms with Crippen LogP contribution >= 0.6 is 0 Å². The highest BCUT2D eigenvalue weighted by Gasteiger charge is 2.05. The summed E-state index contributed by atoms with van der Waals surface area (Å²) in [5.41, 5.74) is 5.47. The zero-order valence-electron chi connectivity index (χ0n) is 15.8. The van der Waals surface area contributed by atoms with Gasteiger partial charge in [0, 0.05) is 25.1 Å².